The maximum atomic E-state index is 12.5. The van der Waals surface area contributed by atoms with Gasteiger partial charge in [-0.3, -0.25) is 9.59 Å². The van der Waals surface area contributed by atoms with Crippen molar-refractivity contribution < 1.29 is 22.8 Å². The number of likely N-dealkylation sites (tertiary alicyclic amines) is 1. The van der Waals surface area contributed by atoms with Gasteiger partial charge in [0.25, 0.3) is 5.91 Å². The van der Waals surface area contributed by atoms with E-state index in [2.05, 4.69) is 5.32 Å². The molecule has 1 aromatic rings. The lowest BCUT2D eigenvalue weighted by Gasteiger charge is -2.32. The molecule has 4 nitrogen and oxygen atoms in total. The molecular formula is C16H19F3N2O2. The number of amides is 2. The van der Waals surface area contributed by atoms with Crippen molar-refractivity contribution in [2.75, 3.05) is 13.1 Å². The predicted molar refractivity (Wildman–Crippen MR) is 78.8 cm³/mol. The van der Waals surface area contributed by atoms with Crippen LogP contribution in [0.2, 0.25) is 0 Å². The first-order chi connectivity index (χ1) is 10.8. The minimum absolute atomic E-state index is 0.0162. The van der Waals surface area contributed by atoms with Gasteiger partial charge >= 0.3 is 6.18 Å². The number of hydrogen-bond acceptors (Lipinski definition) is 2. The summed E-state index contributed by atoms with van der Waals surface area (Å²) in [5.74, 6) is -0.295. The van der Waals surface area contributed by atoms with Gasteiger partial charge in [0, 0.05) is 31.1 Å². The van der Waals surface area contributed by atoms with Crippen molar-refractivity contribution in [3.05, 3.63) is 35.4 Å². The average molecular weight is 328 g/mol. The fourth-order valence-electron chi connectivity index (χ4n) is 2.54. The van der Waals surface area contributed by atoms with Crippen molar-refractivity contribution in [2.45, 2.75) is 38.4 Å². The lowest BCUT2D eigenvalue weighted by atomic mass is 10.0. The lowest BCUT2D eigenvalue weighted by molar-refractivity contribution is -0.137. The summed E-state index contributed by atoms with van der Waals surface area (Å²) in [4.78, 5) is 25.3. The summed E-state index contributed by atoms with van der Waals surface area (Å²) in [5.41, 5.74) is -0.524. The number of benzene rings is 1. The SMILES string of the molecule is CCC(=O)NC1CCN(C(=O)c2ccc(C(F)(F)F)cc2)CC1. The summed E-state index contributed by atoms with van der Waals surface area (Å²) in [6, 6.07) is 4.30. The van der Waals surface area contributed by atoms with Crippen LogP contribution in [0, 0.1) is 0 Å². The molecule has 0 unspecified atom stereocenters. The van der Waals surface area contributed by atoms with Gasteiger partial charge in [0.2, 0.25) is 5.91 Å². The van der Waals surface area contributed by atoms with Gasteiger partial charge in [-0.25, -0.2) is 0 Å². The predicted octanol–water partition coefficient (Wildman–Crippen LogP) is 2.84. The Morgan fingerprint density at radius 1 is 1.17 bits per heavy atom. The monoisotopic (exact) mass is 328 g/mol. The van der Waals surface area contributed by atoms with Gasteiger partial charge in [0.15, 0.2) is 0 Å². The van der Waals surface area contributed by atoms with Crippen LogP contribution in [0.25, 0.3) is 0 Å². The Labute approximate surface area is 132 Å². The van der Waals surface area contributed by atoms with Gasteiger partial charge in [-0.05, 0) is 37.1 Å². The fourth-order valence-corrected chi connectivity index (χ4v) is 2.54. The first kappa shape index (κ1) is 17.3. The van der Waals surface area contributed by atoms with Crippen LogP contribution in [0.3, 0.4) is 0 Å². The maximum absolute atomic E-state index is 12.5. The molecule has 2 amide bonds. The van der Waals surface area contributed by atoms with Gasteiger partial charge in [-0.1, -0.05) is 6.92 Å². The molecule has 0 saturated carbocycles. The molecule has 1 saturated heterocycles. The fraction of sp³-hybridized carbons (Fsp3) is 0.500. The Bertz CT molecular complexity index is 562. The van der Waals surface area contributed by atoms with E-state index < -0.39 is 11.7 Å². The topological polar surface area (TPSA) is 49.4 Å². The Morgan fingerprint density at radius 3 is 2.22 bits per heavy atom. The molecule has 0 spiro atoms. The van der Waals surface area contributed by atoms with Gasteiger partial charge in [-0.2, -0.15) is 13.2 Å². The van der Waals surface area contributed by atoms with E-state index in [0.717, 1.165) is 12.1 Å². The molecule has 1 aromatic carbocycles. The third-order valence-electron chi connectivity index (χ3n) is 3.93. The number of carbonyl (C=O) groups is 2. The van der Waals surface area contributed by atoms with Gasteiger partial charge in [0.05, 0.1) is 5.56 Å². The van der Waals surface area contributed by atoms with Crippen LogP contribution in [0.5, 0.6) is 0 Å². The molecule has 23 heavy (non-hydrogen) atoms. The summed E-state index contributed by atoms with van der Waals surface area (Å²) in [5, 5.41) is 2.89. The number of nitrogens with zero attached hydrogens (tertiary/aromatic N) is 1. The molecule has 0 aromatic heterocycles. The molecular weight excluding hydrogens is 309 g/mol. The van der Waals surface area contributed by atoms with E-state index in [1.54, 1.807) is 11.8 Å². The van der Waals surface area contributed by atoms with Crippen LogP contribution in [0.15, 0.2) is 24.3 Å². The normalized spacial score (nSPS) is 16.3. The van der Waals surface area contributed by atoms with E-state index in [1.165, 1.54) is 12.1 Å². The van der Waals surface area contributed by atoms with E-state index in [4.69, 9.17) is 0 Å². The van der Waals surface area contributed by atoms with Crippen LogP contribution in [0.1, 0.15) is 42.1 Å². The highest BCUT2D eigenvalue weighted by molar-refractivity contribution is 5.94. The lowest BCUT2D eigenvalue weighted by Crippen LogP contribution is -2.46. The largest absolute Gasteiger partial charge is 0.416 e. The minimum Gasteiger partial charge on any atom is -0.353 e. The highest BCUT2D eigenvalue weighted by Gasteiger charge is 2.31. The Kier molecular flexibility index (Phi) is 5.28. The van der Waals surface area contributed by atoms with Crippen molar-refractivity contribution >= 4 is 11.8 Å². The zero-order valence-corrected chi connectivity index (χ0v) is 12.8. The average Bonchev–Trinajstić information content (AvgIpc) is 2.54. The summed E-state index contributed by atoms with van der Waals surface area (Å²) in [6.07, 6.45) is -2.68. The summed E-state index contributed by atoms with van der Waals surface area (Å²) < 4.78 is 37.6. The molecule has 2 rings (SSSR count). The number of piperidine rings is 1. The van der Waals surface area contributed by atoms with Gasteiger partial charge in [-0.15, -0.1) is 0 Å². The Balaban J connectivity index is 1.93. The molecule has 1 aliphatic rings. The molecule has 126 valence electrons. The Morgan fingerprint density at radius 2 is 1.74 bits per heavy atom. The number of rotatable bonds is 3. The molecule has 1 fully saturated rings. The second kappa shape index (κ2) is 7.02. The molecule has 1 heterocycles. The van der Waals surface area contributed by atoms with Gasteiger partial charge in [0.1, 0.15) is 0 Å². The van der Waals surface area contributed by atoms with Gasteiger partial charge < -0.3 is 10.2 Å². The van der Waals surface area contributed by atoms with Crippen molar-refractivity contribution in [2.24, 2.45) is 0 Å². The second-order valence-corrected chi connectivity index (χ2v) is 5.56. The van der Waals surface area contributed by atoms with Crippen LogP contribution < -0.4 is 5.32 Å². The first-order valence-electron chi connectivity index (χ1n) is 7.57. The second-order valence-electron chi connectivity index (χ2n) is 5.56. The highest BCUT2D eigenvalue weighted by atomic mass is 19.4. The maximum Gasteiger partial charge on any atom is 0.416 e. The standard InChI is InChI=1S/C16H19F3N2O2/c1-2-14(22)20-13-7-9-21(10-8-13)15(23)11-3-5-12(6-4-11)16(17,18)19/h3-6,13H,2,7-10H2,1H3,(H,20,22). The third-order valence-corrected chi connectivity index (χ3v) is 3.93. The van der Waals surface area contributed by atoms with E-state index in [0.29, 0.717) is 32.4 Å². The van der Waals surface area contributed by atoms with E-state index in [-0.39, 0.29) is 23.4 Å². The first-order valence-corrected chi connectivity index (χ1v) is 7.57. The van der Waals surface area contributed by atoms with E-state index in [1.807, 2.05) is 0 Å². The van der Waals surface area contributed by atoms with E-state index >= 15 is 0 Å². The summed E-state index contributed by atoms with van der Waals surface area (Å²) in [7, 11) is 0. The molecule has 7 heteroatoms. The molecule has 0 aliphatic carbocycles. The molecule has 0 bridgehead atoms. The summed E-state index contributed by atoms with van der Waals surface area (Å²) >= 11 is 0. The van der Waals surface area contributed by atoms with Crippen molar-refractivity contribution in [1.82, 2.24) is 10.2 Å². The number of carbonyl (C=O) groups excluding carboxylic acids is 2. The van der Waals surface area contributed by atoms with Crippen LogP contribution in [-0.4, -0.2) is 35.8 Å². The molecule has 1 N–H and O–H groups in total. The zero-order valence-electron chi connectivity index (χ0n) is 12.8. The Hall–Kier alpha value is -2.05. The number of alkyl halides is 3. The smallest absolute Gasteiger partial charge is 0.353 e. The molecule has 0 radical (unpaired) electrons. The van der Waals surface area contributed by atoms with Crippen molar-refractivity contribution in [3.8, 4) is 0 Å². The highest BCUT2D eigenvalue weighted by Crippen LogP contribution is 2.29. The molecule has 0 atom stereocenters. The molecule has 1 aliphatic heterocycles. The zero-order chi connectivity index (χ0) is 17.0. The number of nitrogens with one attached hydrogen (secondary N) is 1. The van der Waals surface area contributed by atoms with E-state index in [9.17, 15) is 22.8 Å². The van der Waals surface area contributed by atoms with Crippen molar-refractivity contribution in [1.29, 1.82) is 0 Å². The van der Waals surface area contributed by atoms with Crippen LogP contribution in [0.4, 0.5) is 13.2 Å². The third kappa shape index (κ3) is 4.46. The van der Waals surface area contributed by atoms with Crippen LogP contribution in [-0.2, 0) is 11.0 Å². The van der Waals surface area contributed by atoms with Crippen molar-refractivity contribution in [3.63, 3.8) is 0 Å². The number of hydrogen-bond donors (Lipinski definition) is 1. The number of halogens is 3. The quantitative estimate of drug-likeness (QED) is 0.927. The van der Waals surface area contributed by atoms with Crippen LogP contribution >= 0.6 is 0 Å². The summed E-state index contributed by atoms with van der Waals surface area (Å²) in [6.45, 7) is 2.74. The minimum atomic E-state index is -4.41.